The van der Waals surface area contributed by atoms with Crippen LogP contribution in [0.5, 0.6) is 17.2 Å². The highest BCUT2D eigenvalue weighted by atomic mass is 32.2. The molecule has 0 aromatic heterocycles. The summed E-state index contributed by atoms with van der Waals surface area (Å²) in [5, 5.41) is 3.94. The van der Waals surface area contributed by atoms with Gasteiger partial charge >= 0.3 is 0 Å². The molecule has 0 spiro atoms. The summed E-state index contributed by atoms with van der Waals surface area (Å²) >= 11 is 1.84. The van der Waals surface area contributed by atoms with E-state index >= 15 is 0 Å². The van der Waals surface area contributed by atoms with Gasteiger partial charge in [-0.05, 0) is 29.8 Å². The fourth-order valence-electron chi connectivity index (χ4n) is 2.87. The summed E-state index contributed by atoms with van der Waals surface area (Å²) in [7, 11) is -0.822. The third-order valence-electron chi connectivity index (χ3n) is 4.51. The number of benzene rings is 2. The summed E-state index contributed by atoms with van der Waals surface area (Å²) in [6.07, 6.45) is 2.72. The number of rotatable bonds is 10. The third-order valence-corrected chi connectivity index (χ3v) is 6.87. The number of sulfonamides is 1. The van der Waals surface area contributed by atoms with Crippen LogP contribution in [0.25, 0.3) is 0 Å². The first-order chi connectivity index (χ1) is 15.3. The van der Waals surface area contributed by atoms with Gasteiger partial charge in [0, 0.05) is 17.6 Å². The Labute approximate surface area is 191 Å². The van der Waals surface area contributed by atoms with Crippen molar-refractivity contribution in [1.29, 1.82) is 0 Å². The fourth-order valence-corrected chi connectivity index (χ4v) is 4.28. The van der Waals surface area contributed by atoms with Crippen molar-refractivity contribution in [1.82, 2.24) is 5.43 Å². The predicted molar refractivity (Wildman–Crippen MR) is 126 cm³/mol. The van der Waals surface area contributed by atoms with Gasteiger partial charge in [-0.25, -0.2) is 13.8 Å². The lowest BCUT2D eigenvalue weighted by Gasteiger charge is -2.25. The molecule has 172 valence electrons. The highest BCUT2D eigenvalue weighted by Crippen LogP contribution is 2.32. The van der Waals surface area contributed by atoms with E-state index in [0.29, 0.717) is 11.5 Å². The molecule has 0 bridgehead atoms. The maximum Gasteiger partial charge on any atom is 0.260 e. The van der Waals surface area contributed by atoms with Crippen molar-refractivity contribution in [3.63, 3.8) is 0 Å². The molecule has 32 heavy (non-hydrogen) atoms. The number of carbonyl (C=O) groups is 1. The van der Waals surface area contributed by atoms with Crippen LogP contribution >= 0.6 is 11.8 Å². The number of amides is 1. The minimum absolute atomic E-state index is 0.227. The zero-order valence-electron chi connectivity index (χ0n) is 18.0. The average molecular weight is 480 g/mol. The third kappa shape index (κ3) is 6.30. The summed E-state index contributed by atoms with van der Waals surface area (Å²) in [4.78, 5) is 12.4. The first kappa shape index (κ1) is 23.7. The van der Waals surface area contributed by atoms with E-state index in [9.17, 15) is 13.2 Å². The summed E-state index contributed by atoms with van der Waals surface area (Å²) in [6.45, 7) is -0.450. The zero-order valence-corrected chi connectivity index (χ0v) is 19.6. The van der Waals surface area contributed by atoms with Gasteiger partial charge in [0.2, 0.25) is 10.0 Å². The van der Waals surface area contributed by atoms with E-state index in [-0.39, 0.29) is 11.8 Å². The van der Waals surface area contributed by atoms with Crippen molar-refractivity contribution in [3.8, 4) is 17.2 Å². The molecule has 1 N–H and O–H groups in total. The number of carbonyl (C=O) groups excluding carboxylic acids is 1. The van der Waals surface area contributed by atoms with E-state index < -0.39 is 22.5 Å². The number of ether oxygens (including phenoxy) is 3. The molecule has 1 heterocycles. The van der Waals surface area contributed by atoms with Crippen LogP contribution in [0, 0.1) is 0 Å². The Morgan fingerprint density at radius 1 is 1.19 bits per heavy atom. The molecular formula is C21H25N3O6S2. The second-order valence-corrected chi connectivity index (χ2v) is 9.93. The normalized spacial score (nSPS) is 14.0. The maximum atomic E-state index is 12.4. The lowest BCUT2D eigenvalue weighted by molar-refractivity contribution is -0.119. The monoisotopic (exact) mass is 479 g/mol. The van der Waals surface area contributed by atoms with Crippen LogP contribution < -0.4 is 23.9 Å². The number of hydrazone groups is 1. The molecule has 2 aromatic rings. The largest absolute Gasteiger partial charge is 0.493 e. The van der Waals surface area contributed by atoms with E-state index in [1.807, 2.05) is 36.0 Å². The van der Waals surface area contributed by atoms with Crippen LogP contribution in [0.15, 0.2) is 47.6 Å². The number of nitrogens with zero attached hydrogens (tertiary/aromatic N) is 2. The molecule has 0 atom stereocenters. The summed E-state index contributed by atoms with van der Waals surface area (Å²) < 4.78 is 41.8. The number of hydrogen-bond acceptors (Lipinski definition) is 8. The predicted octanol–water partition coefficient (Wildman–Crippen LogP) is 2.11. The second kappa shape index (κ2) is 10.6. The Bertz CT molecular complexity index is 1090. The van der Waals surface area contributed by atoms with E-state index in [1.165, 1.54) is 32.6 Å². The Kier molecular flexibility index (Phi) is 7.86. The molecule has 1 aliphatic rings. The molecule has 0 aliphatic carbocycles. The van der Waals surface area contributed by atoms with E-state index in [1.54, 1.807) is 6.07 Å². The molecule has 9 nitrogen and oxygen atoms in total. The Hall–Kier alpha value is -2.92. The standard InChI is InChI=1S/C21H25N3O6S2/c1-28-19-8-7-16(10-20(19)29-2)24(32(3,26)27)12-21(25)23-22-11-15-5-4-6-17(9-15)30-18-13-31-14-18/h4-11,18H,12-14H2,1-3H3,(H,23,25)/b22-11-. The first-order valence-corrected chi connectivity index (χ1v) is 12.7. The van der Waals surface area contributed by atoms with Gasteiger partial charge in [-0.1, -0.05) is 12.1 Å². The van der Waals surface area contributed by atoms with Crippen molar-refractivity contribution >= 4 is 39.6 Å². The van der Waals surface area contributed by atoms with Gasteiger partial charge < -0.3 is 14.2 Å². The van der Waals surface area contributed by atoms with Gasteiger partial charge in [0.05, 0.1) is 32.4 Å². The number of nitrogens with one attached hydrogen (secondary N) is 1. The van der Waals surface area contributed by atoms with Crippen molar-refractivity contribution in [2.75, 3.05) is 42.8 Å². The van der Waals surface area contributed by atoms with Gasteiger partial charge in [-0.3, -0.25) is 9.10 Å². The summed E-state index contributed by atoms with van der Waals surface area (Å²) in [6, 6.07) is 11.9. The van der Waals surface area contributed by atoms with Gasteiger partial charge in [0.1, 0.15) is 18.4 Å². The van der Waals surface area contributed by atoms with Crippen LogP contribution in [-0.4, -0.2) is 65.2 Å². The topological polar surface area (TPSA) is 107 Å². The minimum atomic E-state index is -3.74. The molecule has 1 fully saturated rings. The van der Waals surface area contributed by atoms with E-state index in [4.69, 9.17) is 14.2 Å². The fraction of sp³-hybridized carbons (Fsp3) is 0.333. The minimum Gasteiger partial charge on any atom is -0.493 e. The SMILES string of the molecule is COc1ccc(N(CC(=O)N/N=C\c2cccc(OC3CSC3)c2)S(C)(=O)=O)cc1OC. The number of anilines is 1. The van der Waals surface area contributed by atoms with Gasteiger partial charge in [0.25, 0.3) is 5.91 Å². The lowest BCUT2D eigenvalue weighted by atomic mass is 10.2. The smallest absolute Gasteiger partial charge is 0.260 e. The number of methoxy groups -OCH3 is 2. The molecule has 1 saturated heterocycles. The lowest BCUT2D eigenvalue weighted by Crippen LogP contribution is -2.39. The Morgan fingerprint density at radius 2 is 1.94 bits per heavy atom. The van der Waals surface area contributed by atoms with Gasteiger partial charge in [0.15, 0.2) is 11.5 Å². The quantitative estimate of drug-likeness (QED) is 0.411. The highest BCUT2D eigenvalue weighted by molar-refractivity contribution is 8.00. The first-order valence-electron chi connectivity index (χ1n) is 9.66. The number of thioether (sulfide) groups is 1. The highest BCUT2D eigenvalue weighted by Gasteiger charge is 2.22. The van der Waals surface area contributed by atoms with Gasteiger partial charge in [-0.2, -0.15) is 16.9 Å². The van der Waals surface area contributed by atoms with Crippen molar-refractivity contribution in [2.45, 2.75) is 6.10 Å². The van der Waals surface area contributed by atoms with Gasteiger partial charge in [-0.15, -0.1) is 0 Å². The number of hydrogen-bond donors (Lipinski definition) is 1. The maximum absolute atomic E-state index is 12.4. The van der Waals surface area contributed by atoms with Crippen molar-refractivity contribution < 1.29 is 27.4 Å². The van der Waals surface area contributed by atoms with Crippen LogP contribution in [-0.2, 0) is 14.8 Å². The average Bonchev–Trinajstić information content (AvgIpc) is 2.73. The summed E-state index contributed by atoms with van der Waals surface area (Å²) in [5.41, 5.74) is 3.37. The second-order valence-electron chi connectivity index (χ2n) is 6.95. The Balaban J connectivity index is 1.65. The van der Waals surface area contributed by atoms with Crippen LogP contribution in [0.2, 0.25) is 0 Å². The van der Waals surface area contributed by atoms with Crippen LogP contribution in [0.4, 0.5) is 5.69 Å². The van der Waals surface area contributed by atoms with Crippen LogP contribution in [0.1, 0.15) is 5.56 Å². The summed E-state index contributed by atoms with van der Waals surface area (Å²) in [5.74, 6) is 2.89. The van der Waals surface area contributed by atoms with Crippen LogP contribution in [0.3, 0.4) is 0 Å². The van der Waals surface area contributed by atoms with Crippen molar-refractivity contribution in [2.24, 2.45) is 5.10 Å². The molecule has 0 unspecified atom stereocenters. The van der Waals surface area contributed by atoms with E-state index in [0.717, 1.165) is 33.4 Å². The molecule has 0 radical (unpaired) electrons. The molecule has 1 amide bonds. The molecule has 2 aromatic carbocycles. The molecule has 3 rings (SSSR count). The zero-order chi connectivity index (χ0) is 23.1. The Morgan fingerprint density at radius 3 is 2.56 bits per heavy atom. The molecule has 1 aliphatic heterocycles. The van der Waals surface area contributed by atoms with Crippen molar-refractivity contribution in [3.05, 3.63) is 48.0 Å². The van der Waals surface area contributed by atoms with E-state index in [2.05, 4.69) is 10.5 Å². The molecule has 11 heteroatoms. The molecular weight excluding hydrogens is 454 g/mol. The molecule has 0 saturated carbocycles.